The van der Waals surface area contributed by atoms with Gasteiger partial charge in [-0.2, -0.15) is 14.0 Å². The Morgan fingerprint density at radius 2 is 1.86 bits per heavy atom. The summed E-state index contributed by atoms with van der Waals surface area (Å²) in [5.74, 6) is -1.23. The molecule has 3 aromatic rings. The van der Waals surface area contributed by atoms with Crippen molar-refractivity contribution in [2.75, 3.05) is 25.0 Å². The van der Waals surface area contributed by atoms with E-state index in [2.05, 4.69) is 0 Å². The molecule has 2 aliphatic rings. The van der Waals surface area contributed by atoms with Crippen LogP contribution in [0.15, 0.2) is 44.9 Å². The number of pyridine rings is 1. The first-order chi connectivity index (χ1) is 19.8. The number of aromatic amines is 1. The van der Waals surface area contributed by atoms with Crippen molar-refractivity contribution in [2.24, 2.45) is 0 Å². The second-order valence-corrected chi connectivity index (χ2v) is 12.0. The molecule has 3 heterocycles. The largest absolute Gasteiger partial charge is 0.504 e. The average Bonchev–Trinajstić information content (AvgIpc) is 3.35. The van der Waals surface area contributed by atoms with Gasteiger partial charge in [0.1, 0.15) is 22.9 Å². The number of alkyl halides is 3. The first kappa shape index (κ1) is 30.0. The summed E-state index contributed by atoms with van der Waals surface area (Å²) >= 11 is 18.5. The summed E-state index contributed by atoms with van der Waals surface area (Å²) in [4.78, 5) is 45.9. The van der Waals surface area contributed by atoms with E-state index in [4.69, 9.17) is 34.8 Å². The molecule has 9 nitrogen and oxygen atoms in total. The number of phenols is 1. The fraction of sp³-hybridized carbons (Fsp3) is 0.259. The molecule has 0 aliphatic carbocycles. The number of fused-ring (bicyclic) bond motifs is 1. The highest BCUT2D eigenvalue weighted by Gasteiger charge is 2.36. The van der Waals surface area contributed by atoms with Gasteiger partial charge in [0.15, 0.2) is 5.75 Å². The van der Waals surface area contributed by atoms with Gasteiger partial charge in [-0.15, -0.1) is 0 Å². The molecule has 2 aliphatic heterocycles. The minimum absolute atomic E-state index is 0.0855. The predicted molar refractivity (Wildman–Crippen MR) is 154 cm³/mol. The van der Waals surface area contributed by atoms with Crippen molar-refractivity contribution < 1.29 is 23.5 Å². The first-order valence-electron chi connectivity index (χ1n) is 12.4. The molecule has 218 valence electrons. The maximum Gasteiger partial charge on any atom is 0.362 e. The highest BCUT2D eigenvalue weighted by Crippen LogP contribution is 2.43. The van der Waals surface area contributed by atoms with E-state index >= 15 is 0 Å². The Kier molecular flexibility index (Phi) is 8.06. The third-order valence-electron chi connectivity index (χ3n) is 6.96. The molecule has 0 spiro atoms. The summed E-state index contributed by atoms with van der Waals surface area (Å²) in [6, 6.07) is 8.62. The number of aromatic hydroxyl groups is 1. The summed E-state index contributed by atoms with van der Waals surface area (Å²) in [5.41, 5.74) is -1.67. The number of hydrogen-bond acceptors (Lipinski definition) is 6. The zero-order valence-corrected chi connectivity index (χ0v) is 24.8. The van der Waals surface area contributed by atoms with E-state index in [9.17, 15) is 33.5 Å². The molecule has 3 amide bonds. The Morgan fingerprint density at radius 1 is 1.17 bits per heavy atom. The van der Waals surface area contributed by atoms with Gasteiger partial charge in [0, 0.05) is 43.0 Å². The van der Waals surface area contributed by atoms with Crippen molar-refractivity contribution in [3.8, 4) is 11.8 Å². The number of H-pyrrole nitrogens is 1. The van der Waals surface area contributed by atoms with Gasteiger partial charge in [0.25, 0.3) is 11.5 Å². The molecule has 0 unspecified atom stereocenters. The van der Waals surface area contributed by atoms with Crippen LogP contribution in [0.4, 0.5) is 19.3 Å². The molecule has 1 aromatic heterocycles. The van der Waals surface area contributed by atoms with Gasteiger partial charge in [0.05, 0.1) is 15.7 Å². The number of nitrogens with zero attached hydrogens (tertiary/aromatic N) is 4. The van der Waals surface area contributed by atoms with Crippen LogP contribution in [0.2, 0.25) is 10.0 Å². The molecular weight excluding hydrogens is 635 g/mol. The summed E-state index contributed by atoms with van der Waals surface area (Å²) in [5, 5.41) is 17.2. The topological polar surface area (TPSA) is 121 Å². The summed E-state index contributed by atoms with van der Waals surface area (Å²) in [7, 11) is 1.62. The van der Waals surface area contributed by atoms with Crippen molar-refractivity contribution in [1.82, 2.24) is 14.8 Å². The standard InChI is InChI=1S/C27H20Cl3F2N5O4S/c1-35-6-3-7-37(26(35)41)18-8-13-11-36(12-15(13)14(10-33)22(18)38)25(40)21-19(9-20(27(30,31)32)34-24(21)39)42-23-16(28)4-2-5-17(23)29/h2,4-5,8-9,38H,3,6-7,11-12H2,1H3,(H,34,39). The number of anilines is 1. The Labute approximate surface area is 257 Å². The molecule has 0 radical (unpaired) electrons. The predicted octanol–water partition coefficient (Wildman–Crippen LogP) is 6.12. The molecule has 42 heavy (non-hydrogen) atoms. The molecule has 1 saturated heterocycles. The van der Waals surface area contributed by atoms with Gasteiger partial charge in [-0.25, -0.2) is 4.79 Å². The number of rotatable bonds is 5. The van der Waals surface area contributed by atoms with Crippen LogP contribution >= 0.6 is 46.6 Å². The lowest BCUT2D eigenvalue weighted by Gasteiger charge is -2.34. The normalized spacial score (nSPS) is 15.2. The van der Waals surface area contributed by atoms with Gasteiger partial charge in [-0.3, -0.25) is 14.5 Å². The van der Waals surface area contributed by atoms with E-state index in [0.717, 1.165) is 17.8 Å². The zero-order chi connectivity index (χ0) is 30.5. The van der Waals surface area contributed by atoms with Crippen LogP contribution < -0.4 is 10.5 Å². The van der Waals surface area contributed by atoms with Gasteiger partial charge in [0.2, 0.25) is 0 Å². The van der Waals surface area contributed by atoms with Crippen LogP contribution in [0, 0.1) is 11.3 Å². The maximum atomic E-state index is 14.0. The van der Waals surface area contributed by atoms with Crippen LogP contribution in [0.3, 0.4) is 0 Å². The average molecular weight is 655 g/mol. The number of carbonyl (C=O) groups excluding carboxylic acids is 2. The van der Waals surface area contributed by atoms with E-state index < -0.39 is 33.9 Å². The lowest BCUT2D eigenvalue weighted by molar-refractivity contribution is 0.0740. The molecule has 0 bridgehead atoms. The van der Waals surface area contributed by atoms with Crippen LogP contribution in [0.1, 0.15) is 39.2 Å². The van der Waals surface area contributed by atoms with Gasteiger partial charge in [-0.05, 0) is 53.4 Å². The Bertz CT molecular complexity index is 1720. The molecule has 15 heteroatoms. The van der Waals surface area contributed by atoms with Gasteiger partial charge < -0.3 is 19.9 Å². The van der Waals surface area contributed by atoms with E-state index in [1.165, 1.54) is 32.9 Å². The van der Waals surface area contributed by atoms with E-state index in [0.29, 0.717) is 30.6 Å². The van der Waals surface area contributed by atoms with Crippen molar-refractivity contribution >= 4 is 64.2 Å². The number of urea groups is 1. The number of nitriles is 1. The Hall–Kier alpha value is -3.50. The van der Waals surface area contributed by atoms with Crippen LogP contribution in [-0.4, -0.2) is 52.0 Å². The Morgan fingerprint density at radius 3 is 2.50 bits per heavy atom. The van der Waals surface area contributed by atoms with Gasteiger partial charge >= 0.3 is 11.4 Å². The lowest BCUT2D eigenvalue weighted by atomic mass is 10.0. The highest BCUT2D eigenvalue weighted by atomic mass is 35.5. The molecule has 2 aromatic carbocycles. The molecular formula is C27H20Cl3F2N5O4S. The third-order valence-corrected chi connectivity index (χ3v) is 9.20. The fourth-order valence-corrected chi connectivity index (χ4v) is 6.64. The number of benzene rings is 2. The van der Waals surface area contributed by atoms with Crippen LogP contribution in [-0.2, 0) is 18.5 Å². The smallest absolute Gasteiger partial charge is 0.362 e. The molecule has 2 N–H and O–H groups in total. The summed E-state index contributed by atoms with van der Waals surface area (Å²) in [6.07, 6.45) is 0.640. The number of halogens is 5. The van der Waals surface area contributed by atoms with E-state index in [1.54, 1.807) is 13.1 Å². The summed E-state index contributed by atoms with van der Waals surface area (Å²) in [6.45, 7) is 0.610. The molecule has 0 atom stereocenters. The third kappa shape index (κ3) is 5.38. The molecule has 0 saturated carbocycles. The highest BCUT2D eigenvalue weighted by molar-refractivity contribution is 7.99. The number of carbonyl (C=O) groups is 2. The second kappa shape index (κ2) is 11.3. The minimum Gasteiger partial charge on any atom is -0.504 e. The first-order valence-corrected chi connectivity index (χ1v) is 14.3. The minimum atomic E-state index is -3.94. The van der Waals surface area contributed by atoms with Crippen LogP contribution in [0.25, 0.3) is 0 Å². The van der Waals surface area contributed by atoms with Crippen molar-refractivity contribution in [3.63, 3.8) is 0 Å². The fourth-order valence-electron chi connectivity index (χ4n) is 4.90. The number of amides is 3. The molecule has 5 rings (SSSR count). The van der Waals surface area contributed by atoms with Crippen LogP contribution in [0.5, 0.6) is 5.75 Å². The van der Waals surface area contributed by atoms with Crippen molar-refractivity contribution in [2.45, 2.75) is 34.7 Å². The summed E-state index contributed by atoms with van der Waals surface area (Å²) < 4.78 is 28.1. The number of nitrogens with one attached hydrogen (secondary N) is 1. The second-order valence-electron chi connectivity index (χ2n) is 9.64. The van der Waals surface area contributed by atoms with Gasteiger partial charge in [-0.1, -0.05) is 41.0 Å². The van der Waals surface area contributed by atoms with E-state index in [1.807, 2.05) is 11.1 Å². The lowest BCUT2D eigenvalue weighted by Crippen LogP contribution is -2.47. The van der Waals surface area contributed by atoms with Crippen molar-refractivity contribution in [3.05, 3.63) is 78.7 Å². The number of hydrogen-bond donors (Lipinski definition) is 2. The SMILES string of the molecule is CN1CCCN(c2cc3c(c(C#N)c2O)CN(C(=O)c2c(Sc4c(Cl)cccc4Cl)cc(C(F)(F)Cl)[nH]c2=O)C3)C1=O. The maximum absolute atomic E-state index is 14.0. The number of aromatic nitrogens is 1. The number of phenolic OH excluding ortho intramolecular Hbond substituents is 1. The zero-order valence-electron chi connectivity index (χ0n) is 21.7. The van der Waals surface area contributed by atoms with E-state index in [-0.39, 0.29) is 50.2 Å². The monoisotopic (exact) mass is 653 g/mol. The Balaban J connectivity index is 1.56. The quantitative estimate of drug-likeness (QED) is 0.320. The molecule has 1 fully saturated rings. The van der Waals surface area contributed by atoms with Crippen molar-refractivity contribution in [1.29, 1.82) is 5.26 Å².